The molecule has 0 bridgehead atoms. The lowest BCUT2D eigenvalue weighted by Gasteiger charge is -2.09. The van der Waals surface area contributed by atoms with E-state index in [-0.39, 0.29) is 22.5 Å². The predicted octanol–water partition coefficient (Wildman–Crippen LogP) is 4.11. The molecule has 1 aromatic carbocycles. The van der Waals surface area contributed by atoms with Gasteiger partial charge in [0.15, 0.2) is 5.69 Å². The number of carbonyl (C=O) groups is 1. The molecule has 26 heavy (non-hydrogen) atoms. The lowest BCUT2D eigenvalue weighted by atomic mass is 10.2. The van der Waals surface area contributed by atoms with Crippen LogP contribution in [0.15, 0.2) is 42.5 Å². The number of aryl methyl sites for hydroxylation is 1. The van der Waals surface area contributed by atoms with E-state index in [1.54, 1.807) is 11.6 Å². The second-order valence-electron chi connectivity index (χ2n) is 5.31. The number of ether oxygens (including phenoxy) is 1. The van der Waals surface area contributed by atoms with Crippen LogP contribution in [0.3, 0.4) is 0 Å². The first-order chi connectivity index (χ1) is 12.5. The van der Waals surface area contributed by atoms with E-state index in [9.17, 15) is 10.1 Å². The summed E-state index contributed by atoms with van der Waals surface area (Å²) >= 11 is 11.8. The summed E-state index contributed by atoms with van der Waals surface area (Å²) in [4.78, 5) is 16.2. The molecule has 0 radical (unpaired) electrons. The second kappa shape index (κ2) is 7.56. The van der Waals surface area contributed by atoms with Gasteiger partial charge in [-0.25, -0.2) is 14.5 Å². The topological polar surface area (TPSA) is 80.8 Å². The van der Waals surface area contributed by atoms with Gasteiger partial charge in [0.2, 0.25) is 0 Å². The highest BCUT2D eigenvalue weighted by molar-refractivity contribution is 6.34. The SMILES string of the molecule is Cc1nn(-c2ccccc2)c(COC(=O)c2nc(Cl)ccc2Cl)c1C#N. The van der Waals surface area contributed by atoms with Crippen molar-refractivity contribution < 1.29 is 9.53 Å². The van der Waals surface area contributed by atoms with E-state index in [2.05, 4.69) is 16.2 Å². The van der Waals surface area contributed by atoms with Gasteiger partial charge in [-0.2, -0.15) is 10.4 Å². The van der Waals surface area contributed by atoms with Crippen molar-refractivity contribution in [1.29, 1.82) is 5.26 Å². The molecule has 0 saturated heterocycles. The van der Waals surface area contributed by atoms with Gasteiger partial charge in [-0.3, -0.25) is 0 Å². The highest BCUT2D eigenvalue weighted by Gasteiger charge is 2.20. The number of pyridine rings is 1. The molecule has 0 aliphatic heterocycles. The van der Waals surface area contributed by atoms with Crippen LogP contribution in [-0.4, -0.2) is 20.7 Å². The normalized spacial score (nSPS) is 10.4. The Bertz CT molecular complexity index is 1010. The average molecular weight is 387 g/mol. The van der Waals surface area contributed by atoms with Gasteiger partial charge < -0.3 is 4.74 Å². The molecule has 0 saturated carbocycles. The van der Waals surface area contributed by atoms with Crippen molar-refractivity contribution in [3.8, 4) is 11.8 Å². The number of hydrogen-bond acceptors (Lipinski definition) is 5. The molecule has 2 aromatic heterocycles. The van der Waals surface area contributed by atoms with Crippen molar-refractivity contribution in [2.24, 2.45) is 0 Å². The largest absolute Gasteiger partial charge is 0.454 e. The van der Waals surface area contributed by atoms with Gasteiger partial charge in [0, 0.05) is 0 Å². The minimum Gasteiger partial charge on any atom is -0.454 e. The molecule has 8 heteroatoms. The van der Waals surface area contributed by atoms with Crippen LogP contribution in [-0.2, 0) is 11.3 Å². The molecule has 0 unspecified atom stereocenters. The van der Waals surface area contributed by atoms with Crippen LogP contribution in [0.5, 0.6) is 0 Å². The summed E-state index contributed by atoms with van der Waals surface area (Å²) in [6.07, 6.45) is 0. The molecule has 130 valence electrons. The molecule has 0 amide bonds. The smallest absolute Gasteiger partial charge is 0.358 e. The summed E-state index contributed by atoms with van der Waals surface area (Å²) in [7, 11) is 0. The third-order valence-corrected chi connectivity index (χ3v) is 4.13. The third kappa shape index (κ3) is 3.54. The van der Waals surface area contributed by atoms with Crippen LogP contribution in [0.25, 0.3) is 5.69 Å². The molecule has 3 aromatic rings. The van der Waals surface area contributed by atoms with E-state index in [0.717, 1.165) is 5.69 Å². The van der Waals surface area contributed by atoms with E-state index >= 15 is 0 Å². The number of esters is 1. The lowest BCUT2D eigenvalue weighted by molar-refractivity contribution is 0.0458. The van der Waals surface area contributed by atoms with Gasteiger partial charge in [0.25, 0.3) is 0 Å². The van der Waals surface area contributed by atoms with E-state index in [4.69, 9.17) is 27.9 Å². The lowest BCUT2D eigenvalue weighted by Crippen LogP contribution is -2.11. The maximum Gasteiger partial charge on any atom is 0.358 e. The molecule has 2 heterocycles. The average Bonchev–Trinajstić information content (AvgIpc) is 2.97. The fourth-order valence-electron chi connectivity index (χ4n) is 2.40. The first-order valence-electron chi connectivity index (χ1n) is 7.54. The number of rotatable bonds is 4. The standard InChI is InChI=1S/C18H12Cl2N4O2/c1-11-13(9-21)15(24(23-11)12-5-3-2-4-6-12)10-26-18(25)17-14(19)7-8-16(20)22-17/h2-8H,10H2,1H3. The molecule has 0 fully saturated rings. The Balaban J connectivity index is 1.91. The van der Waals surface area contributed by atoms with Gasteiger partial charge in [0.1, 0.15) is 23.4 Å². The number of carbonyl (C=O) groups excluding carboxylic acids is 1. The molecule has 0 spiro atoms. The zero-order valence-corrected chi connectivity index (χ0v) is 15.1. The highest BCUT2D eigenvalue weighted by Crippen LogP contribution is 2.21. The summed E-state index contributed by atoms with van der Waals surface area (Å²) in [5.41, 5.74) is 2.03. The number of aromatic nitrogens is 3. The van der Waals surface area contributed by atoms with Gasteiger partial charge in [-0.1, -0.05) is 41.4 Å². The Morgan fingerprint density at radius 1 is 1.23 bits per heavy atom. The minimum atomic E-state index is -0.736. The van der Waals surface area contributed by atoms with Gasteiger partial charge in [-0.05, 0) is 31.2 Å². The van der Waals surface area contributed by atoms with E-state index < -0.39 is 5.97 Å². The molecule has 0 aliphatic carbocycles. The fourth-order valence-corrected chi connectivity index (χ4v) is 2.73. The van der Waals surface area contributed by atoms with E-state index in [0.29, 0.717) is 17.0 Å². The summed E-state index contributed by atoms with van der Waals surface area (Å²) in [5.74, 6) is -0.736. The van der Waals surface area contributed by atoms with Crippen LogP contribution >= 0.6 is 23.2 Å². The number of nitrogens with zero attached hydrogens (tertiary/aromatic N) is 4. The van der Waals surface area contributed by atoms with Crippen molar-refractivity contribution in [3.63, 3.8) is 0 Å². The Kier molecular flexibility index (Phi) is 5.21. The maximum absolute atomic E-state index is 12.3. The van der Waals surface area contributed by atoms with Crippen LogP contribution in [0, 0.1) is 18.3 Å². The molecule has 6 nitrogen and oxygen atoms in total. The summed E-state index contributed by atoms with van der Waals surface area (Å²) in [6, 6.07) is 14.3. The number of para-hydroxylation sites is 1. The Hall–Kier alpha value is -2.88. The predicted molar refractivity (Wildman–Crippen MR) is 96.4 cm³/mol. The van der Waals surface area contributed by atoms with Gasteiger partial charge in [-0.15, -0.1) is 0 Å². The first kappa shape index (κ1) is 17.9. The van der Waals surface area contributed by atoms with Crippen LogP contribution in [0.1, 0.15) is 27.4 Å². The third-order valence-electron chi connectivity index (χ3n) is 3.61. The molecule has 3 rings (SSSR count). The second-order valence-corrected chi connectivity index (χ2v) is 6.10. The van der Waals surface area contributed by atoms with E-state index in [1.165, 1.54) is 12.1 Å². The number of hydrogen-bond donors (Lipinski definition) is 0. The van der Waals surface area contributed by atoms with Crippen molar-refractivity contribution in [3.05, 3.63) is 75.3 Å². The minimum absolute atomic E-state index is 0.0832. The van der Waals surface area contributed by atoms with Crippen molar-refractivity contribution in [1.82, 2.24) is 14.8 Å². The van der Waals surface area contributed by atoms with Crippen molar-refractivity contribution in [2.45, 2.75) is 13.5 Å². The first-order valence-corrected chi connectivity index (χ1v) is 8.30. The Morgan fingerprint density at radius 3 is 2.65 bits per heavy atom. The van der Waals surface area contributed by atoms with Crippen molar-refractivity contribution in [2.75, 3.05) is 0 Å². The maximum atomic E-state index is 12.3. The summed E-state index contributed by atoms with van der Waals surface area (Å²) in [6.45, 7) is 1.56. The molecular formula is C18H12Cl2N4O2. The number of benzene rings is 1. The van der Waals surface area contributed by atoms with E-state index in [1.807, 2.05) is 30.3 Å². The molecular weight excluding hydrogens is 375 g/mol. The quantitative estimate of drug-likeness (QED) is 0.497. The number of nitriles is 1. The summed E-state index contributed by atoms with van der Waals surface area (Å²) in [5, 5.41) is 14.1. The monoisotopic (exact) mass is 386 g/mol. The zero-order valence-electron chi connectivity index (χ0n) is 13.6. The van der Waals surface area contributed by atoms with Gasteiger partial charge >= 0.3 is 5.97 Å². The Morgan fingerprint density at radius 2 is 1.96 bits per heavy atom. The molecule has 0 atom stereocenters. The molecule has 0 N–H and O–H groups in total. The molecule has 0 aliphatic rings. The van der Waals surface area contributed by atoms with Crippen LogP contribution in [0.4, 0.5) is 0 Å². The Labute approximate surface area is 159 Å². The number of halogens is 2. The zero-order chi connectivity index (χ0) is 18.7. The highest BCUT2D eigenvalue weighted by atomic mass is 35.5. The fraction of sp³-hybridized carbons (Fsp3) is 0.111. The van der Waals surface area contributed by atoms with Crippen LogP contribution < -0.4 is 0 Å². The van der Waals surface area contributed by atoms with Crippen molar-refractivity contribution >= 4 is 29.2 Å². The summed E-state index contributed by atoms with van der Waals surface area (Å²) < 4.78 is 6.89. The van der Waals surface area contributed by atoms with Crippen LogP contribution in [0.2, 0.25) is 10.2 Å². The van der Waals surface area contributed by atoms with Gasteiger partial charge in [0.05, 0.1) is 22.1 Å².